The molecule has 0 spiro atoms. The van der Waals surface area contributed by atoms with E-state index in [0.717, 1.165) is 12.8 Å². The third-order valence-corrected chi connectivity index (χ3v) is 2.32. The Kier molecular flexibility index (Phi) is 4.78. The van der Waals surface area contributed by atoms with Crippen molar-refractivity contribution in [3.05, 3.63) is 17.0 Å². The highest BCUT2D eigenvalue weighted by Gasteiger charge is 2.07. The van der Waals surface area contributed by atoms with Gasteiger partial charge in [-0.1, -0.05) is 25.4 Å². The molecular weight excluding hydrogens is 214 g/mol. The summed E-state index contributed by atoms with van der Waals surface area (Å²) in [6.45, 7) is 4.05. The molecule has 1 atom stereocenters. The summed E-state index contributed by atoms with van der Waals surface area (Å²) >= 11 is 5.84. The van der Waals surface area contributed by atoms with Crippen molar-refractivity contribution < 1.29 is 5.11 Å². The molecular formula is C10H16ClN3O. The summed E-state index contributed by atoms with van der Waals surface area (Å²) in [5.74, 6) is 1.38. The Bertz CT molecular complexity index is 316. The number of anilines is 1. The number of nitrogens with zero attached hydrogens (tertiary/aromatic N) is 2. The van der Waals surface area contributed by atoms with E-state index >= 15 is 0 Å². The molecule has 0 saturated carbocycles. The van der Waals surface area contributed by atoms with E-state index in [1.807, 2.05) is 13.8 Å². The minimum atomic E-state index is 0.0145. The largest absolute Gasteiger partial charge is 0.394 e. The SMILES string of the molecule is CCc1nc(Cl)cc(NC(CC)CO)n1. The highest BCUT2D eigenvalue weighted by atomic mass is 35.5. The molecule has 0 aromatic carbocycles. The van der Waals surface area contributed by atoms with Gasteiger partial charge in [-0.3, -0.25) is 0 Å². The van der Waals surface area contributed by atoms with Gasteiger partial charge in [0.05, 0.1) is 12.6 Å². The maximum Gasteiger partial charge on any atom is 0.134 e. The van der Waals surface area contributed by atoms with Gasteiger partial charge >= 0.3 is 0 Å². The van der Waals surface area contributed by atoms with Crippen molar-refractivity contribution in [2.24, 2.45) is 0 Å². The molecule has 1 aromatic rings. The highest BCUT2D eigenvalue weighted by molar-refractivity contribution is 6.29. The van der Waals surface area contributed by atoms with Crippen LogP contribution in [0.4, 0.5) is 5.82 Å². The van der Waals surface area contributed by atoms with E-state index in [2.05, 4.69) is 15.3 Å². The molecule has 84 valence electrons. The van der Waals surface area contributed by atoms with E-state index in [1.54, 1.807) is 6.07 Å². The van der Waals surface area contributed by atoms with Crippen LogP contribution in [-0.4, -0.2) is 27.7 Å². The minimum absolute atomic E-state index is 0.0145. The molecule has 0 aliphatic rings. The molecule has 0 radical (unpaired) electrons. The van der Waals surface area contributed by atoms with E-state index in [4.69, 9.17) is 16.7 Å². The van der Waals surface area contributed by atoms with Crippen molar-refractivity contribution in [3.8, 4) is 0 Å². The predicted octanol–water partition coefficient (Wildman–Crippen LogP) is 1.88. The number of aliphatic hydroxyl groups excluding tert-OH is 1. The molecule has 4 nitrogen and oxygen atoms in total. The second kappa shape index (κ2) is 5.88. The maximum atomic E-state index is 9.04. The van der Waals surface area contributed by atoms with Gasteiger partial charge in [0.15, 0.2) is 0 Å². The van der Waals surface area contributed by atoms with Crippen molar-refractivity contribution in [1.82, 2.24) is 9.97 Å². The van der Waals surface area contributed by atoms with Crippen LogP contribution in [0.2, 0.25) is 5.15 Å². The first-order valence-corrected chi connectivity index (χ1v) is 5.48. The van der Waals surface area contributed by atoms with Crippen molar-refractivity contribution in [1.29, 1.82) is 0 Å². The first-order valence-electron chi connectivity index (χ1n) is 5.10. The van der Waals surface area contributed by atoms with Gasteiger partial charge in [0.2, 0.25) is 0 Å². The zero-order valence-corrected chi connectivity index (χ0v) is 9.75. The lowest BCUT2D eigenvalue weighted by atomic mass is 10.2. The lowest BCUT2D eigenvalue weighted by Crippen LogP contribution is -2.23. The first kappa shape index (κ1) is 12.2. The van der Waals surface area contributed by atoms with E-state index in [1.165, 1.54) is 0 Å². The van der Waals surface area contributed by atoms with Crippen LogP contribution in [0.1, 0.15) is 26.1 Å². The first-order chi connectivity index (χ1) is 7.19. The molecule has 0 bridgehead atoms. The summed E-state index contributed by atoms with van der Waals surface area (Å²) in [7, 11) is 0. The Hall–Kier alpha value is -0.870. The summed E-state index contributed by atoms with van der Waals surface area (Å²) in [6.07, 6.45) is 1.57. The van der Waals surface area contributed by atoms with Crippen LogP contribution < -0.4 is 5.32 Å². The molecule has 0 saturated heterocycles. The number of hydrogen-bond acceptors (Lipinski definition) is 4. The molecule has 1 heterocycles. The Labute approximate surface area is 94.7 Å². The minimum Gasteiger partial charge on any atom is -0.394 e. The Morgan fingerprint density at radius 1 is 1.47 bits per heavy atom. The highest BCUT2D eigenvalue weighted by Crippen LogP contribution is 2.13. The average Bonchev–Trinajstić information content (AvgIpc) is 2.25. The number of nitrogens with one attached hydrogen (secondary N) is 1. The topological polar surface area (TPSA) is 58.0 Å². The van der Waals surface area contributed by atoms with Gasteiger partial charge in [-0.25, -0.2) is 9.97 Å². The van der Waals surface area contributed by atoms with Crippen LogP contribution in [0.15, 0.2) is 6.07 Å². The second-order valence-electron chi connectivity index (χ2n) is 3.28. The molecule has 5 heteroatoms. The van der Waals surface area contributed by atoms with Gasteiger partial charge in [0.25, 0.3) is 0 Å². The third-order valence-electron chi connectivity index (χ3n) is 2.12. The van der Waals surface area contributed by atoms with E-state index < -0.39 is 0 Å². The number of aliphatic hydroxyl groups is 1. The summed E-state index contributed by atoms with van der Waals surface area (Å²) in [4.78, 5) is 8.33. The van der Waals surface area contributed by atoms with Crippen LogP contribution in [0, 0.1) is 0 Å². The lowest BCUT2D eigenvalue weighted by Gasteiger charge is -2.15. The summed E-state index contributed by atoms with van der Waals surface area (Å²) in [5.41, 5.74) is 0. The second-order valence-corrected chi connectivity index (χ2v) is 3.67. The summed E-state index contributed by atoms with van der Waals surface area (Å²) in [6, 6.07) is 1.68. The van der Waals surface area contributed by atoms with Crippen molar-refractivity contribution >= 4 is 17.4 Å². The standard InChI is InChI=1S/C10H16ClN3O/c1-3-7(6-15)12-10-5-8(11)13-9(4-2)14-10/h5,7,15H,3-4,6H2,1-2H3,(H,12,13,14). The molecule has 1 aromatic heterocycles. The predicted molar refractivity (Wildman–Crippen MR) is 61.2 cm³/mol. The van der Waals surface area contributed by atoms with E-state index in [0.29, 0.717) is 16.8 Å². The van der Waals surface area contributed by atoms with Crippen LogP contribution in [-0.2, 0) is 6.42 Å². The van der Waals surface area contributed by atoms with E-state index in [-0.39, 0.29) is 12.6 Å². The zero-order valence-electron chi connectivity index (χ0n) is 9.00. The molecule has 0 fully saturated rings. The number of halogens is 1. The number of hydrogen-bond donors (Lipinski definition) is 2. The fourth-order valence-corrected chi connectivity index (χ4v) is 1.38. The molecule has 1 unspecified atom stereocenters. The van der Waals surface area contributed by atoms with Gasteiger partial charge in [-0.2, -0.15) is 0 Å². The van der Waals surface area contributed by atoms with Gasteiger partial charge < -0.3 is 10.4 Å². The van der Waals surface area contributed by atoms with Crippen molar-refractivity contribution in [3.63, 3.8) is 0 Å². The number of aryl methyl sites for hydroxylation is 1. The van der Waals surface area contributed by atoms with E-state index in [9.17, 15) is 0 Å². The third kappa shape index (κ3) is 3.64. The molecule has 0 amide bonds. The van der Waals surface area contributed by atoms with Gasteiger partial charge in [-0.05, 0) is 6.42 Å². The van der Waals surface area contributed by atoms with Gasteiger partial charge in [0, 0.05) is 12.5 Å². The Balaban J connectivity index is 2.79. The Morgan fingerprint density at radius 2 is 2.20 bits per heavy atom. The molecule has 1 rings (SSSR count). The normalized spacial score (nSPS) is 12.5. The van der Waals surface area contributed by atoms with Gasteiger partial charge in [-0.15, -0.1) is 0 Å². The van der Waals surface area contributed by atoms with Crippen LogP contribution in [0.3, 0.4) is 0 Å². The quantitative estimate of drug-likeness (QED) is 0.757. The number of aromatic nitrogens is 2. The summed E-state index contributed by atoms with van der Waals surface area (Å²) in [5, 5.41) is 12.6. The molecule has 0 aliphatic heterocycles. The monoisotopic (exact) mass is 229 g/mol. The number of rotatable bonds is 5. The van der Waals surface area contributed by atoms with Crippen LogP contribution in [0.25, 0.3) is 0 Å². The smallest absolute Gasteiger partial charge is 0.134 e. The Morgan fingerprint density at radius 3 is 2.73 bits per heavy atom. The molecule has 15 heavy (non-hydrogen) atoms. The van der Waals surface area contributed by atoms with Crippen LogP contribution in [0.5, 0.6) is 0 Å². The van der Waals surface area contributed by atoms with Crippen molar-refractivity contribution in [2.75, 3.05) is 11.9 Å². The lowest BCUT2D eigenvalue weighted by molar-refractivity contribution is 0.271. The molecule has 0 aliphatic carbocycles. The fraction of sp³-hybridized carbons (Fsp3) is 0.600. The molecule has 2 N–H and O–H groups in total. The zero-order chi connectivity index (χ0) is 11.3. The average molecular weight is 230 g/mol. The summed E-state index contributed by atoms with van der Waals surface area (Å²) < 4.78 is 0. The van der Waals surface area contributed by atoms with Crippen molar-refractivity contribution in [2.45, 2.75) is 32.7 Å². The van der Waals surface area contributed by atoms with Gasteiger partial charge in [0.1, 0.15) is 16.8 Å². The maximum absolute atomic E-state index is 9.04. The van der Waals surface area contributed by atoms with Crippen LogP contribution >= 0.6 is 11.6 Å². The fourth-order valence-electron chi connectivity index (χ4n) is 1.18.